The van der Waals surface area contributed by atoms with Gasteiger partial charge in [-0.05, 0) is 51.0 Å². The summed E-state index contributed by atoms with van der Waals surface area (Å²) in [5, 5.41) is 5.49. The summed E-state index contributed by atoms with van der Waals surface area (Å²) in [6.07, 6.45) is 0. The SMILES string of the molecule is CCOC(=O)c1ccccc1NC(=O)C(C)(C)C(=O)NCc1ccccc1C. The molecule has 6 heteroatoms. The zero-order valence-corrected chi connectivity index (χ0v) is 16.7. The lowest BCUT2D eigenvalue weighted by Crippen LogP contribution is -2.45. The van der Waals surface area contributed by atoms with E-state index in [-0.39, 0.29) is 12.2 Å². The number of nitrogens with one attached hydrogen (secondary N) is 2. The van der Waals surface area contributed by atoms with E-state index in [1.165, 1.54) is 0 Å². The lowest BCUT2D eigenvalue weighted by Gasteiger charge is -2.23. The molecule has 0 heterocycles. The second-order valence-electron chi connectivity index (χ2n) is 6.95. The molecule has 0 bridgehead atoms. The van der Waals surface area contributed by atoms with Crippen molar-refractivity contribution in [2.75, 3.05) is 11.9 Å². The summed E-state index contributed by atoms with van der Waals surface area (Å²) in [4.78, 5) is 37.5. The standard InChI is InChI=1S/C22H26N2O4/c1-5-28-19(25)17-12-8-9-13-18(17)24-21(27)22(3,4)20(26)23-14-16-11-7-6-10-15(16)2/h6-13H,5,14H2,1-4H3,(H,23,26)(H,24,27). The Morgan fingerprint density at radius 2 is 1.61 bits per heavy atom. The van der Waals surface area contributed by atoms with Crippen molar-refractivity contribution in [3.63, 3.8) is 0 Å². The number of ether oxygens (including phenoxy) is 1. The lowest BCUT2D eigenvalue weighted by atomic mass is 9.90. The Morgan fingerprint density at radius 1 is 0.964 bits per heavy atom. The number of carbonyl (C=O) groups excluding carboxylic acids is 3. The van der Waals surface area contributed by atoms with Crippen LogP contribution in [0, 0.1) is 12.3 Å². The predicted octanol–water partition coefficient (Wildman–Crippen LogP) is 3.45. The summed E-state index contributed by atoms with van der Waals surface area (Å²) in [6, 6.07) is 14.3. The number of esters is 1. The van der Waals surface area contributed by atoms with Crippen LogP contribution in [0.2, 0.25) is 0 Å². The first kappa shape index (κ1) is 21.2. The maximum absolute atomic E-state index is 12.8. The highest BCUT2D eigenvalue weighted by Gasteiger charge is 2.36. The van der Waals surface area contributed by atoms with Crippen LogP contribution in [0.1, 0.15) is 42.3 Å². The van der Waals surface area contributed by atoms with Crippen molar-refractivity contribution >= 4 is 23.5 Å². The molecule has 0 aromatic heterocycles. The number of hydrogen-bond acceptors (Lipinski definition) is 4. The maximum atomic E-state index is 12.8. The molecule has 2 amide bonds. The fourth-order valence-electron chi connectivity index (χ4n) is 2.57. The average Bonchev–Trinajstić information content (AvgIpc) is 2.67. The Hall–Kier alpha value is -3.15. The quantitative estimate of drug-likeness (QED) is 0.567. The lowest BCUT2D eigenvalue weighted by molar-refractivity contribution is -0.138. The Bertz CT molecular complexity index is 874. The minimum atomic E-state index is -1.33. The van der Waals surface area contributed by atoms with Crippen LogP contribution < -0.4 is 10.6 Å². The summed E-state index contributed by atoms with van der Waals surface area (Å²) < 4.78 is 5.01. The Kier molecular flexibility index (Phi) is 6.93. The van der Waals surface area contributed by atoms with Crippen LogP contribution in [0.5, 0.6) is 0 Å². The van der Waals surface area contributed by atoms with Gasteiger partial charge in [0.15, 0.2) is 0 Å². The van der Waals surface area contributed by atoms with Crippen molar-refractivity contribution in [2.24, 2.45) is 5.41 Å². The fourth-order valence-corrected chi connectivity index (χ4v) is 2.57. The molecule has 0 fully saturated rings. The molecule has 6 nitrogen and oxygen atoms in total. The molecule has 0 saturated heterocycles. The van der Waals surface area contributed by atoms with E-state index in [2.05, 4.69) is 10.6 Å². The van der Waals surface area contributed by atoms with Gasteiger partial charge in [0.25, 0.3) is 0 Å². The number of para-hydroxylation sites is 1. The number of anilines is 1. The van der Waals surface area contributed by atoms with Crippen molar-refractivity contribution in [3.05, 3.63) is 65.2 Å². The van der Waals surface area contributed by atoms with Crippen molar-refractivity contribution in [1.29, 1.82) is 0 Å². The first-order valence-electron chi connectivity index (χ1n) is 9.17. The zero-order chi connectivity index (χ0) is 20.7. The minimum absolute atomic E-state index is 0.230. The molecule has 0 atom stereocenters. The summed E-state index contributed by atoms with van der Waals surface area (Å²) in [7, 11) is 0. The number of aryl methyl sites for hydroxylation is 1. The second-order valence-corrected chi connectivity index (χ2v) is 6.95. The molecule has 2 aromatic rings. The molecule has 0 radical (unpaired) electrons. The Balaban J connectivity index is 2.09. The van der Waals surface area contributed by atoms with E-state index in [0.29, 0.717) is 12.2 Å². The highest BCUT2D eigenvalue weighted by Crippen LogP contribution is 2.22. The summed E-state index contributed by atoms with van der Waals surface area (Å²) in [5.74, 6) is -1.44. The van der Waals surface area contributed by atoms with E-state index in [4.69, 9.17) is 4.74 Å². The van der Waals surface area contributed by atoms with Gasteiger partial charge in [0.05, 0.1) is 17.9 Å². The third-order valence-electron chi connectivity index (χ3n) is 4.51. The van der Waals surface area contributed by atoms with Gasteiger partial charge in [-0.3, -0.25) is 9.59 Å². The molecule has 148 valence electrons. The molecule has 2 aromatic carbocycles. The Labute approximate surface area is 165 Å². The molecule has 0 unspecified atom stereocenters. The summed E-state index contributed by atoms with van der Waals surface area (Å²) in [5.41, 5.74) is 1.28. The van der Waals surface area contributed by atoms with E-state index in [0.717, 1.165) is 11.1 Å². The summed E-state index contributed by atoms with van der Waals surface area (Å²) in [6.45, 7) is 7.33. The molecule has 0 aliphatic heterocycles. The summed E-state index contributed by atoms with van der Waals surface area (Å²) >= 11 is 0. The third-order valence-corrected chi connectivity index (χ3v) is 4.51. The highest BCUT2D eigenvalue weighted by molar-refractivity contribution is 6.11. The van der Waals surface area contributed by atoms with Gasteiger partial charge in [-0.1, -0.05) is 36.4 Å². The van der Waals surface area contributed by atoms with Gasteiger partial charge in [-0.15, -0.1) is 0 Å². The van der Waals surface area contributed by atoms with Crippen LogP contribution in [-0.4, -0.2) is 24.4 Å². The highest BCUT2D eigenvalue weighted by atomic mass is 16.5. The van der Waals surface area contributed by atoms with Crippen molar-refractivity contribution in [2.45, 2.75) is 34.2 Å². The van der Waals surface area contributed by atoms with Crippen LogP contribution in [0.3, 0.4) is 0 Å². The van der Waals surface area contributed by atoms with Gasteiger partial charge in [-0.25, -0.2) is 4.79 Å². The molecular formula is C22H26N2O4. The molecule has 0 spiro atoms. The Morgan fingerprint density at radius 3 is 2.29 bits per heavy atom. The van der Waals surface area contributed by atoms with Crippen molar-refractivity contribution in [1.82, 2.24) is 5.32 Å². The number of carbonyl (C=O) groups is 3. The molecule has 0 aliphatic carbocycles. The third kappa shape index (κ3) is 4.97. The monoisotopic (exact) mass is 382 g/mol. The fraction of sp³-hybridized carbons (Fsp3) is 0.318. The number of rotatable bonds is 7. The van der Waals surface area contributed by atoms with Crippen LogP contribution >= 0.6 is 0 Å². The topological polar surface area (TPSA) is 84.5 Å². The normalized spacial score (nSPS) is 10.9. The minimum Gasteiger partial charge on any atom is -0.462 e. The first-order chi connectivity index (χ1) is 13.3. The van der Waals surface area contributed by atoms with Crippen molar-refractivity contribution in [3.8, 4) is 0 Å². The van der Waals surface area contributed by atoms with Gasteiger partial charge in [0.2, 0.25) is 11.8 Å². The molecule has 28 heavy (non-hydrogen) atoms. The number of benzene rings is 2. The molecule has 2 N–H and O–H groups in total. The molecular weight excluding hydrogens is 356 g/mol. The predicted molar refractivity (Wildman–Crippen MR) is 108 cm³/mol. The van der Waals surface area contributed by atoms with E-state index in [1.807, 2.05) is 31.2 Å². The van der Waals surface area contributed by atoms with Crippen LogP contribution in [0.15, 0.2) is 48.5 Å². The second kappa shape index (κ2) is 9.17. The maximum Gasteiger partial charge on any atom is 0.340 e. The van der Waals surface area contributed by atoms with Gasteiger partial charge in [-0.2, -0.15) is 0 Å². The van der Waals surface area contributed by atoms with E-state index < -0.39 is 23.2 Å². The first-order valence-corrected chi connectivity index (χ1v) is 9.17. The van der Waals surface area contributed by atoms with E-state index in [9.17, 15) is 14.4 Å². The average molecular weight is 382 g/mol. The largest absolute Gasteiger partial charge is 0.462 e. The van der Waals surface area contributed by atoms with E-state index in [1.54, 1.807) is 45.0 Å². The molecule has 0 aliphatic rings. The van der Waals surface area contributed by atoms with Crippen LogP contribution in [-0.2, 0) is 20.9 Å². The van der Waals surface area contributed by atoms with Crippen LogP contribution in [0.25, 0.3) is 0 Å². The zero-order valence-electron chi connectivity index (χ0n) is 16.7. The van der Waals surface area contributed by atoms with Crippen molar-refractivity contribution < 1.29 is 19.1 Å². The van der Waals surface area contributed by atoms with Gasteiger partial charge >= 0.3 is 5.97 Å². The smallest absolute Gasteiger partial charge is 0.340 e. The van der Waals surface area contributed by atoms with Gasteiger partial charge in [0.1, 0.15) is 5.41 Å². The van der Waals surface area contributed by atoms with Gasteiger partial charge < -0.3 is 15.4 Å². The molecule has 2 rings (SSSR count). The van der Waals surface area contributed by atoms with Crippen LogP contribution in [0.4, 0.5) is 5.69 Å². The number of amides is 2. The van der Waals surface area contributed by atoms with Gasteiger partial charge in [0, 0.05) is 6.54 Å². The number of hydrogen-bond donors (Lipinski definition) is 2. The molecule has 0 saturated carbocycles. The van der Waals surface area contributed by atoms with E-state index >= 15 is 0 Å².